The molecule has 0 unspecified atom stereocenters. The SMILES string of the molecule is CCOC(=O)C[C@]1(O)C[C@@H](CCc2ccccc2)Oc2ccc(F)cc21. The zero-order valence-electron chi connectivity index (χ0n) is 14.8. The monoisotopic (exact) mass is 358 g/mol. The van der Waals surface area contributed by atoms with Crippen LogP contribution in [0.4, 0.5) is 4.39 Å². The lowest BCUT2D eigenvalue weighted by molar-refractivity contribution is -0.151. The Morgan fingerprint density at radius 3 is 2.81 bits per heavy atom. The molecular weight excluding hydrogens is 335 g/mol. The van der Waals surface area contributed by atoms with Crippen molar-refractivity contribution in [2.75, 3.05) is 6.61 Å². The molecule has 0 amide bonds. The maximum atomic E-state index is 13.7. The van der Waals surface area contributed by atoms with Crippen LogP contribution in [-0.2, 0) is 21.6 Å². The molecule has 0 saturated heterocycles. The molecule has 5 heteroatoms. The highest BCUT2D eigenvalue weighted by Crippen LogP contribution is 2.43. The number of aliphatic hydroxyl groups is 1. The second-order valence-electron chi connectivity index (χ2n) is 6.62. The number of halogens is 1. The van der Waals surface area contributed by atoms with Crippen molar-refractivity contribution in [1.82, 2.24) is 0 Å². The Balaban J connectivity index is 1.80. The molecule has 3 rings (SSSR count). The van der Waals surface area contributed by atoms with Gasteiger partial charge in [0.05, 0.1) is 13.0 Å². The van der Waals surface area contributed by atoms with Crippen LogP contribution in [0.3, 0.4) is 0 Å². The maximum absolute atomic E-state index is 13.7. The molecule has 2 atom stereocenters. The number of fused-ring (bicyclic) bond motifs is 1. The third-order valence-corrected chi connectivity index (χ3v) is 4.64. The molecule has 138 valence electrons. The van der Waals surface area contributed by atoms with Crippen molar-refractivity contribution in [3.8, 4) is 5.75 Å². The molecule has 0 aromatic heterocycles. The van der Waals surface area contributed by atoms with Crippen molar-refractivity contribution < 1.29 is 23.8 Å². The van der Waals surface area contributed by atoms with Crippen molar-refractivity contribution >= 4 is 5.97 Å². The van der Waals surface area contributed by atoms with Gasteiger partial charge in [0, 0.05) is 12.0 Å². The van der Waals surface area contributed by atoms with Crippen LogP contribution in [0, 0.1) is 5.82 Å². The molecule has 1 aliphatic rings. The van der Waals surface area contributed by atoms with E-state index in [1.165, 1.54) is 23.8 Å². The third kappa shape index (κ3) is 4.22. The van der Waals surface area contributed by atoms with Gasteiger partial charge in [-0.05, 0) is 43.5 Å². The Hall–Kier alpha value is -2.40. The molecule has 2 aromatic rings. The fourth-order valence-corrected chi connectivity index (χ4v) is 3.43. The van der Waals surface area contributed by atoms with E-state index in [4.69, 9.17) is 9.47 Å². The second-order valence-corrected chi connectivity index (χ2v) is 6.62. The third-order valence-electron chi connectivity index (χ3n) is 4.64. The van der Waals surface area contributed by atoms with Crippen LogP contribution < -0.4 is 4.74 Å². The zero-order chi connectivity index (χ0) is 18.6. The molecule has 0 saturated carbocycles. The van der Waals surface area contributed by atoms with E-state index in [-0.39, 0.29) is 25.6 Å². The minimum atomic E-state index is -1.50. The fraction of sp³-hybridized carbons (Fsp3) is 0.381. The lowest BCUT2D eigenvalue weighted by atomic mass is 9.81. The molecule has 1 N–H and O–H groups in total. The molecule has 0 fully saturated rings. The molecule has 0 radical (unpaired) electrons. The molecule has 0 aliphatic carbocycles. The minimum absolute atomic E-state index is 0.217. The van der Waals surface area contributed by atoms with Gasteiger partial charge in [0.1, 0.15) is 23.3 Å². The minimum Gasteiger partial charge on any atom is -0.490 e. The van der Waals surface area contributed by atoms with Crippen LogP contribution in [0.25, 0.3) is 0 Å². The van der Waals surface area contributed by atoms with Crippen LogP contribution in [0.15, 0.2) is 48.5 Å². The summed E-state index contributed by atoms with van der Waals surface area (Å²) in [5.41, 5.74) is -0.0139. The van der Waals surface area contributed by atoms with Crippen molar-refractivity contribution in [2.24, 2.45) is 0 Å². The van der Waals surface area contributed by atoms with E-state index >= 15 is 0 Å². The summed E-state index contributed by atoms with van der Waals surface area (Å²) in [7, 11) is 0. The first-order valence-corrected chi connectivity index (χ1v) is 8.89. The fourth-order valence-electron chi connectivity index (χ4n) is 3.43. The van der Waals surface area contributed by atoms with Crippen LogP contribution in [0.2, 0.25) is 0 Å². The number of esters is 1. The number of carbonyl (C=O) groups excluding carboxylic acids is 1. The number of aryl methyl sites for hydroxylation is 1. The Bertz CT molecular complexity index is 762. The zero-order valence-corrected chi connectivity index (χ0v) is 14.8. The topological polar surface area (TPSA) is 55.8 Å². The molecule has 2 aromatic carbocycles. The van der Waals surface area contributed by atoms with E-state index in [1.54, 1.807) is 6.92 Å². The molecule has 1 heterocycles. The summed E-state index contributed by atoms with van der Waals surface area (Å²) in [5, 5.41) is 11.2. The number of benzene rings is 2. The van der Waals surface area contributed by atoms with E-state index in [1.807, 2.05) is 30.3 Å². The van der Waals surface area contributed by atoms with E-state index in [9.17, 15) is 14.3 Å². The standard InChI is InChI=1S/C21H23FO4/c1-2-25-20(23)14-21(24)13-17(10-8-15-6-4-3-5-7-15)26-19-11-9-16(22)12-18(19)21/h3-7,9,11-12,17,24H,2,8,10,13-14H2,1H3/t17-,21-/m1/s1. The van der Waals surface area contributed by atoms with Gasteiger partial charge in [-0.1, -0.05) is 30.3 Å². The molecular formula is C21H23FO4. The van der Waals surface area contributed by atoms with E-state index < -0.39 is 17.4 Å². The smallest absolute Gasteiger partial charge is 0.309 e. The Morgan fingerprint density at radius 2 is 2.08 bits per heavy atom. The summed E-state index contributed by atoms with van der Waals surface area (Å²) < 4.78 is 24.7. The lowest BCUT2D eigenvalue weighted by Crippen LogP contribution is -2.40. The quantitative estimate of drug-likeness (QED) is 0.799. The highest BCUT2D eigenvalue weighted by Gasteiger charge is 2.42. The van der Waals surface area contributed by atoms with Gasteiger partial charge in [0.25, 0.3) is 0 Å². The van der Waals surface area contributed by atoms with E-state index in [0.29, 0.717) is 17.7 Å². The average molecular weight is 358 g/mol. The molecule has 26 heavy (non-hydrogen) atoms. The van der Waals surface area contributed by atoms with Gasteiger partial charge in [0.2, 0.25) is 0 Å². The van der Waals surface area contributed by atoms with Gasteiger partial charge >= 0.3 is 5.97 Å². The first-order chi connectivity index (χ1) is 12.5. The second kappa shape index (κ2) is 7.87. The summed E-state index contributed by atoms with van der Waals surface area (Å²) in [6.07, 6.45) is 1.20. The number of rotatable bonds is 6. The van der Waals surface area contributed by atoms with Gasteiger partial charge in [-0.2, -0.15) is 0 Å². The predicted molar refractivity (Wildman–Crippen MR) is 95.3 cm³/mol. The summed E-state index contributed by atoms with van der Waals surface area (Å²) in [6.45, 7) is 1.95. The van der Waals surface area contributed by atoms with Gasteiger partial charge < -0.3 is 14.6 Å². The average Bonchev–Trinajstić information content (AvgIpc) is 2.61. The van der Waals surface area contributed by atoms with Crippen molar-refractivity contribution in [3.63, 3.8) is 0 Å². The summed E-state index contributed by atoms with van der Waals surface area (Å²) in [4.78, 5) is 12.0. The Kier molecular flexibility index (Phi) is 5.57. The first-order valence-electron chi connectivity index (χ1n) is 8.89. The highest BCUT2D eigenvalue weighted by atomic mass is 19.1. The molecule has 1 aliphatic heterocycles. The van der Waals surface area contributed by atoms with Crippen LogP contribution in [0.5, 0.6) is 5.75 Å². The van der Waals surface area contributed by atoms with Crippen molar-refractivity contribution in [2.45, 2.75) is 44.3 Å². The summed E-state index contributed by atoms with van der Waals surface area (Å²) in [5.74, 6) is -0.561. The van der Waals surface area contributed by atoms with E-state index in [0.717, 1.165) is 6.42 Å². The van der Waals surface area contributed by atoms with Gasteiger partial charge in [-0.3, -0.25) is 4.79 Å². The maximum Gasteiger partial charge on any atom is 0.309 e. The predicted octanol–water partition coefficient (Wildman–Crippen LogP) is 3.75. The molecule has 0 spiro atoms. The van der Waals surface area contributed by atoms with Crippen molar-refractivity contribution in [3.05, 3.63) is 65.5 Å². The molecule has 4 nitrogen and oxygen atoms in total. The van der Waals surface area contributed by atoms with Crippen LogP contribution >= 0.6 is 0 Å². The number of ether oxygens (including phenoxy) is 2. The van der Waals surface area contributed by atoms with Gasteiger partial charge in [-0.15, -0.1) is 0 Å². The van der Waals surface area contributed by atoms with Crippen molar-refractivity contribution in [1.29, 1.82) is 0 Å². The highest BCUT2D eigenvalue weighted by molar-refractivity contribution is 5.71. The molecule has 0 bridgehead atoms. The lowest BCUT2D eigenvalue weighted by Gasteiger charge is -2.38. The summed E-state index contributed by atoms with van der Waals surface area (Å²) in [6, 6.07) is 14.0. The summed E-state index contributed by atoms with van der Waals surface area (Å²) >= 11 is 0. The Morgan fingerprint density at radius 1 is 1.31 bits per heavy atom. The normalized spacial score (nSPS) is 21.6. The first kappa shape index (κ1) is 18.4. The number of hydrogen-bond acceptors (Lipinski definition) is 4. The van der Waals surface area contributed by atoms with Crippen LogP contribution in [-0.4, -0.2) is 23.8 Å². The van der Waals surface area contributed by atoms with Gasteiger partial charge in [0.15, 0.2) is 0 Å². The largest absolute Gasteiger partial charge is 0.490 e. The Labute approximate surface area is 152 Å². The number of hydrogen-bond donors (Lipinski definition) is 1. The number of carbonyl (C=O) groups is 1. The van der Waals surface area contributed by atoms with E-state index in [2.05, 4.69) is 0 Å². The van der Waals surface area contributed by atoms with Crippen LogP contribution in [0.1, 0.15) is 37.3 Å². The van der Waals surface area contributed by atoms with Gasteiger partial charge in [-0.25, -0.2) is 4.39 Å².